The molecule has 1 fully saturated rings. The largest absolute Gasteiger partial charge is 0.481 e. The van der Waals surface area contributed by atoms with Crippen molar-refractivity contribution >= 4 is 11.9 Å². The Hall–Kier alpha value is -2.28. The number of likely N-dealkylation sites (tertiary alicyclic amines) is 1. The summed E-state index contributed by atoms with van der Waals surface area (Å²) in [5.74, 6) is -0.0657. The first-order valence-electron chi connectivity index (χ1n) is 12.1. The molecule has 32 heavy (non-hydrogen) atoms. The van der Waals surface area contributed by atoms with Gasteiger partial charge >= 0.3 is 5.97 Å². The van der Waals surface area contributed by atoms with Gasteiger partial charge in [-0.1, -0.05) is 46.1 Å². The molecule has 1 saturated heterocycles. The first-order chi connectivity index (χ1) is 15.5. The first kappa shape index (κ1) is 24.4. The van der Waals surface area contributed by atoms with E-state index in [2.05, 4.69) is 25.7 Å². The summed E-state index contributed by atoms with van der Waals surface area (Å²) in [6, 6.07) is 5.55. The lowest BCUT2D eigenvalue weighted by Crippen LogP contribution is -2.44. The van der Waals surface area contributed by atoms with Crippen molar-refractivity contribution in [1.29, 1.82) is 0 Å². The average molecular weight is 447 g/mol. The third-order valence-electron chi connectivity index (χ3n) is 6.70. The van der Waals surface area contributed by atoms with Gasteiger partial charge in [0.05, 0.1) is 12.5 Å². The third kappa shape index (κ3) is 5.55. The van der Waals surface area contributed by atoms with Crippen molar-refractivity contribution in [2.75, 3.05) is 33.0 Å². The number of hydrogen-bond donors (Lipinski definition) is 1. The number of unbranched alkanes of at least 4 members (excludes halogenated alkanes) is 2. The summed E-state index contributed by atoms with van der Waals surface area (Å²) >= 11 is 0. The van der Waals surface area contributed by atoms with E-state index in [0.717, 1.165) is 57.2 Å². The summed E-state index contributed by atoms with van der Waals surface area (Å²) in [4.78, 5) is 29.7. The van der Waals surface area contributed by atoms with E-state index >= 15 is 0 Å². The second kappa shape index (κ2) is 11.5. The number of carboxylic acid groups (broad SMARTS) is 1. The van der Waals surface area contributed by atoms with Crippen LogP contribution in [-0.2, 0) is 9.59 Å². The van der Waals surface area contributed by atoms with Crippen LogP contribution in [0, 0.1) is 5.92 Å². The Balaban J connectivity index is 1.81. The molecular weight excluding hydrogens is 408 g/mol. The highest BCUT2D eigenvalue weighted by Crippen LogP contribution is 2.42. The van der Waals surface area contributed by atoms with Gasteiger partial charge in [0, 0.05) is 31.6 Å². The van der Waals surface area contributed by atoms with Gasteiger partial charge in [0.15, 0.2) is 11.5 Å². The van der Waals surface area contributed by atoms with Crippen molar-refractivity contribution in [2.24, 2.45) is 5.92 Å². The zero-order chi connectivity index (χ0) is 23.1. The maximum absolute atomic E-state index is 13.2. The van der Waals surface area contributed by atoms with Gasteiger partial charge < -0.3 is 19.5 Å². The zero-order valence-corrected chi connectivity index (χ0v) is 19.7. The number of hydrogen-bond acceptors (Lipinski definition) is 5. The standard InChI is InChI=1S/C25H38N2O5/c1-4-7-12-26(13-8-5-2)23(28)16-27-15-19(24(25(29)30)20(27)9-6-3)18-10-11-21-22(14-18)32-17-31-21/h10-11,14,19-20,24H,4-9,12-13,15-17H2,1-3H3,(H,29,30)/t19-,20-,24+/m1/s1. The number of aliphatic carboxylic acids is 1. The molecule has 0 unspecified atom stereocenters. The number of ether oxygens (including phenoxy) is 2. The summed E-state index contributed by atoms with van der Waals surface area (Å²) in [7, 11) is 0. The van der Waals surface area contributed by atoms with Gasteiger partial charge in [-0.3, -0.25) is 14.5 Å². The lowest BCUT2D eigenvalue weighted by Gasteiger charge is -2.29. The fourth-order valence-corrected chi connectivity index (χ4v) is 4.96. The molecule has 1 amide bonds. The topological polar surface area (TPSA) is 79.3 Å². The number of carboxylic acids is 1. The van der Waals surface area contributed by atoms with Crippen LogP contribution in [0.15, 0.2) is 18.2 Å². The van der Waals surface area contributed by atoms with Gasteiger partial charge in [-0.15, -0.1) is 0 Å². The Bertz CT molecular complexity index is 776. The smallest absolute Gasteiger partial charge is 0.308 e. The third-order valence-corrected chi connectivity index (χ3v) is 6.70. The Labute approximate surface area is 191 Å². The number of nitrogens with zero attached hydrogens (tertiary/aromatic N) is 2. The Morgan fingerprint density at radius 3 is 2.38 bits per heavy atom. The van der Waals surface area contributed by atoms with Crippen LogP contribution in [0.5, 0.6) is 11.5 Å². The number of benzene rings is 1. The molecule has 0 saturated carbocycles. The minimum Gasteiger partial charge on any atom is -0.481 e. The average Bonchev–Trinajstić information content (AvgIpc) is 3.38. The maximum atomic E-state index is 13.2. The van der Waals surface area contributed by atoms with E-state index in [1.807, 2.05) is 23.1 Å². The molecule has 1 aromatic rings. The highest BCUT2D eigenvalue weighted by molar-refractivity contribution is 5.79. The molecule has 1 N–H and O–H groups in total. The van der Waals surface area contributed by atoms with Gasteiger partial charge in [0.2, 0.25) is 12.7 Å². The molecular formula is C25H38N2O5. The summed E-state index contributed by atoms with van der Waals surface area (Å²) in [5.41, 5.74) is 0.937. The summed E-state index contributed by atoms with van der Waals surface area (Å²) in [6.07, 6.45) is 5.71. The monoisotopic (exact) mass is 446 g/mol. The lowest BCUT2D eigenvalue weighted by atomic mass is 9.84. The number of amides is 1. The summed E-state index contributed by atoms with van der Waals surface area (Å²) in [6.45, 7) is 8.91. The maximum Gasteiger partial charge on any atom is 0.308 e. The molecule has 0 spiro atoms. The van der Waals surface area contributed by atoms with Gasteiger partial charge in [-0.05, 0) is 37.0 Å². The van der Waals surface area contributed by atoms with Crippen LogP contribution >= 0.6 is 0 Å². The molecule has 0 aliphatic carbocycles. The van der Waals surface area contributed by atoms with Crippen molar-refractivity contribution in [1.82, 2.24) is 9.80 Å². The van der Waals surface area contributed by atoms with E-state index in [0.29, 0.717) is 18.0 Å². The van der Waals surface area contributed by atoms with Gasteiger partial charge in [0.25, 0.3) is 0 Å². The minimum atomic E-state index is -0.796. The fourth-order valence-electron chi connectivity index (χ4n) is 4.96. The molecule has 2 heterocycles. The summed E-state index contributed by atoms with van der Waals surface area (Å²) in [5, 5.41) is 10.2. The number of carbonyl (C=O) groups excluding carboxylic acids is 1. The molecule has 0 radical (unpaired) electrons. The van der Waals surface area contributed by atoms with Crippen LogP contribution in [0.2, 0.25) is 0 Å². The molecule has 2 aliphatic heterocycles. The minimum absolute atomic E-state index is 0.114. The van der Waals surface area contributed by atoms with E-state index in [9.17, 15) is 14.7 Å². The van der Waals surface area contributed by atoms with Gasteiger partial charge in [-0.25, -0.2) is 0 Å². The van der Waals surface area contributed by atoms with E-state index in [-0.39, 0.29) is 31.2 Å². The van der Waals surface area contributed by atoms with Crippen molar-refractivity contribution in [3.05, 3.63) is 23.8 Å². The van der Waals surface area contributed by atoms with Crippen LogP contribution in [0.3, 0.4) is 0 Å². The van der Waals surface area contributed by atoms with E-state index in [1.54, 1.807) is 0 Å². The van der Waals surface area contributed by atoms with Crippen LogP contribution in [-0.4, -0.2) is 65.8 Å². The highest BCUT2D eigenvalue weighted by atomic mass is 16.7. The lowest BCUT2D eigenvalue weighted by molar-refractivity contribution is -0.143. The molecule has 178 valence electrons. The fraction of sp³-hybridized carbons (Fsp3) is 0.680. The predicted molar refractivity (Wildman–Crippen MR) is 123 cm³/mol. The summed E-state index contributed by atoms with van der Waals surface area (Å²) < 4.78 is 10.9. The van der Waals surface area contributed by atoms with Crippen molar-refractivity contribution in [3.8, 4) is 11.5 Å². The molecule has 2 aliphatic rings. The normalized spacial score (nSPS) is 22.3. The Morgan fingerprint density at radius 2 is 1.75 bits per heavy atom. The van der Waals surface area contributed by atoms with Crippen molar-refractivity contribution < 1.29 is 24.2 Å². The van der Waals surface area contributed by atoms with Crippen LogP contribution in [0.25, 0.3) is 0 Å². The van der Waals surface area contributed by atoms with Crippen LogP contribution in [0.1, 0.15) is 70.8 Å². The number of rotatable bonds is 12. The molecule has 0 aromatic heterocycles. The van der Waals surface area contributed by atoms with Crippen LogP contribution < -0.4 is 9.47 Å². The second-order valence-corrected chi connectivity index (χ2v) is 8.96. The zero-order valence-electron chi connectivity index (χ0n) is 19.7. The molecule has 7 nitrogen and oxygen atoms in total. The van der Waals surface area contributed by atoms with Gasteiger partial charge in [-0.2, -0.15) is 0 Å². The van der Waals surface area contributed by atoms with Crippen molar-refractivity contribution in [3.63, 3.8) is 0 Å². The van der Waals surface area contributed by atoms with E-state index in [1.165, 1.54) is 0 Å². The van der Waals surface area contributed by atoms with Crippen LogP contribution in [0.4, 0.5) is 0 Å². The SMILES string of the molecule is CCCCN(CCCC)C(=O)CN1C[C@H](c2ccc3c(c2)OCO3)[C@H](C(=O)O)[C@H]1CCC. The molecule has 7 heteroatoms. The molecule has 3 rings (SSSR count). The quantitative estimate of drug-likeness (QED) is 0.520. The molecule has 3 atom stereocenters. The highest BCUT2D eigenvalue weighted by Gasteiger charge is 2.47. The first-order valence-corrected chi connectivity index (χ1v) is 12.1. The number of fused-ring (bicyclic) bond motifs is 1. The Morgan fingerprint density at radius 1 is 1.06 bits per heavy atom. The Kier molecular flexibility index (Phi) is 8.79. The van der Waals surface area contributed by atoms with Gasteiger partial charge in [0.1, 0.15) is 0 Å². The van der Waals surface area contributed by atoms with E-state index in [4.69, 9.17) is 9.47 Å². The van der Waals surface area contributed by atoms with Crippen molar-refractivity contribution in [2.45, 2.75) is 71.3 Å². The predicted octanol–water partition coefficient (Wildman–Crippen LogP) is 4.11. The molecule has 1 aromatic carbocycles. The number of carbonyl (C=O) groups is 2. The molecule has 0 bridgehead atoms. The second-order valence-electron chi connectivity index (χ2n) is 8.96. The van der Waals surface area contributed by atoms with E-state index < -0.39 is 11.9 Å².